The number of benzene rings is 1. The Kier molecular flexibility index (Phi) is 5.48. The van der Waals surface area contributed by atoms with Crippen LogP contribution in [0.5, 0.6) is 0 Å². The zero-order valence-electron chi connectivity index (χ0n) is 16.5. The fourth-order valence-corrected chi connectivity index (χ4v) is 3.69. The van der Waals surface area contributed by atoms with Crippen LogP contribution in [0.15, 0.2) is 39.9 Å². The van der Waals surface area contributed by atoms with Crippen LogP contribution in [0.1, 0.15) is 16.2 Å². The molecule has 11 heteroatoms. The van der Waals surface area contributed by atoms with Crippen LogP contribution in [0.2, 0.25) is 0 Å². The molecule has 3 aromatic rings. The Morgan fingerprint density at radius 1 is 1.23 bits per heavy atom. The summed E-state index contributed by atoms with van der Waals surface area (Å²) in [5, 5.41) is 24.1. The maximum absolute atomic E-state index is 13.3. The number of amides is 1. The molecule has 3 heterocycles. The Hall–Kier alpha value is -3.28. The van der Waals surface area contributed by atoms with Gasteiger partial charge in [0.15, 0.2) is 0 Å². The molecule has 1 aliphatic rings. The van der Waals surface area contributed by atoms with Crippen molar-refractivity contribution in [3.63, 3.8) is 0 Å². The largest absolute Gasteiger partial charge is 0.388 e. The van der Waals surface area contributed by atoms with Crippen molar-refractivity contribution in [1.82, 2.24) is 19.9 Å². The number of carbonyl (C=O) groups is 1. The third kappa shape index (κ3) is 4.15. The number of nitrogens with one attached hydrogen (secondary N) is 3. The van der Waals surface area contributed by atoms with Gasteiger partial charge in [-0.15, -0.1) is 0 Å². The highest BCUT2D eigenvalue weighted by molar-refractivity contribution is 5.98. The maximum atomic E-state index is 13.3. The molecule has 0 aliphatic carbocycles. The number of halogens is 1. The standard InChI is InChI=1S/C20H21FN4O6/c1-9-4-16(26)24-20(30)25(9)7-15-18(28)17(27)14(8-31-15)23-19(29)13-6-10-5-11(21)2-3-12(10)22-13/h2-6,14-15,17-18,22,27-28H,7-8H2,1H3,(H,23,29)(H,24,26,30)/t14-,15-,17+,18-/m1/s1. The van der Waals surface area contributed by atoms with Gasteiger partial charge >= 0.3 is 5.69 Å². The van der Waals surface area contributed by atoms with Gasteiger partial charge in [0.05, 0.1) is 19.2 Å². The monoisotopic (exact) mass is 432 g/mol. The zero-order chi connectivity index (χ0) is 22.3. The highest BCUT2D eigenvalue weighted by atomic mass is 19.1. The van der Waals surface area contributed by atoms with Crippen molar-refractivity contribution in [2.24, 2.45) is 0 Å². The van der Waals surface area contributed by atoms with Gasteiger partial charge in [-0.05, 0) is 31.2 Å². The summed E-state index contributed by atoms with van der Waals surface area (Å²) in [6.07, 6.45) is -3.68. The summed E-state index contributed by atoms with van der Waals surface area (Å²) in [5.74, 6) is -0.983. The maximum Gasteiger partial charge on any atom is 0.328 e. The summed E-state index contributed by atoms with van der Waals surface area (Å²) in [6, 6.07) is 5.88. The number of carbonyl (C=O) groups excluding carboxylic acids is 1. The smallest absolute Gasteiger partial charge is 0.328 e. The number of hydrogen-bond donors (Lipinski definition) is 5. The van der Waals surface area contributed by atoms with Gasteiger partial charge < -0.3 is 25.3 Å². The molecule has 1 saturated heterocycles. The number of aliphatic hydroxyl groups is 2. The Balaban J connectivity index is 1.44. The second-order valence-electron chi connectivity index (χ2n) is 7.54. The molecule has 0 saturated carbocycles. The van der Waals surface area contributed by atoms with E-state index in [0.717, 1.165) is 0 Å². The van der Waals surface area contributed by atoms with Gasteiger partial charge in [-0.25, -0.2) is 9.18 Å². The Bertz CT molecular complexity index is 1250. The van der Waals surface area contributed by atoms with Gasteiger partial charge in [0.2, 0.25) is 0 Å². The van der Waals surface area contributed by atoms with Crippen molar-refractivity contribution in [3.8, 4) is 0 Å². The fourth-order valence-electron chi connectivity index (χ4n) is 3.69. The lowest BCUT2D eigenvalue weighted by atomic mass is 9.97. The Morgan fingerprint density at radius 3 is 2.74 bits per heavy atom. The molecule has 10 nitrogen and oxygen atoms in total. The van der Waals surface area contributed by atoms with Gasteiger partial charge in [-0.1, -0.05) is 0 Å². The van der Waals surface area contributed by atoms with Crippen molar-refractivity contribution in [3.05, 3.63) is 68.4 Å². The molecule has 5 N–H and O–H groups in total. The van der Waals surface area contributed by atoms with Gasteiger partial charge in [-0.2, -0.15) is 0 Å². The van der Waals surface area contributed by atoms with Crippen LogP contribution in [0.25, 0.3) is 10.9 Å². The first kappa shape index (κ1) is 21.0. The lowest BCUT2D eigenvalue weighted by Crippen LogP contribution is -2.60. The van der Waals surface area contributed by atoms with E-state index in [-0.39, 0.29) is 18.8 Å². The third-order valence-corrected chi connectivity index (χ3v) is 5.38. The molecular weight excluding hydrogens is 411 g/mol. The number of aryl methyl sites for hydroxylation is 1. The number of aromatic amines is 2. The van der Waals surface area contributed by atoms with Crippen molar-refractivity contribution >= 4 is 16.8 Å². The van der Waals surface area contributed by atoms with Crippen molar-refractivity contribution in [2.45, 2.75) is 37.8 Å². The predicted octanol–water partition coefficient (Wildman–Crippen LogP) is -0.615. The molecule has 0 radical (unpaired) electrons. The van der Waals surface area contributed by atoms with Gasteiger partial charge in [-0.3, -0.25) is 19.1 Å². The average molecular weight is 432 g/mol. The summed E-state index contributed by atoms with van der Waals surface area (Å²) in [5.41, 5.74) is -0.0642. The number of H-pyrrole nitrogens is 2. The molecule has 1 aromatic carbocycles. The number of fused-ring (bicyclic) bond motifs is 1. The van der Waals surface area contributed by atoms with Crippen LogP contribution in [0, 0.1) is 12.7 Å². The summed E-state index contributed by atoms with van der Waals surface area (Å²) in [6.45, 7) is 1.37. The van der Waals surface area contributed by atoms with Crippen molar-refractivity contribution in [1.29, 1.82) is 0 Å². The molecule has 0 bridgehead atoms. The summed E-state index contributed by atoms with van der Waals surface area (Å²) in [4.78, 5) is 40.9. The van der Waals surface area contributed by atoms with E-state index in [1.807, 2.05) is 0 Å². The Labute approximate surface area is 174 Å². The fraction of sp³-hybridized carbons (Fsp3) is 0.350. The third-order valence-electron chi connectivity index (χ3n) is 5.38. The first-order chi connectivity index (χ1) is 14.7. The number of rotatable bonds is 4. The summed E-state index contributed by atoms with van der Waals surface area (Å²) >= 11 is 0. The Morgan fingerprint density at radius 2 is 2.00 bits per heavy atom. The molecule has 1 aliphatic heterocycles. The van der Waals surface area contributed by atoms with Gasteiger partial charge in [0, 0.05) is 22.7 Å². The lowest BCUT2D eigenvalue weighted by Gasteiger charge is -2.38. The molecule has 0 spiro atoms. The minimum atomic E-state index is -1.39. The molecule has 31 heavy (non-hydrogen) atoms. The highest BCUT2D eigenvalue weighted by Gasteiger charge is 2.39. The number of aromatic nitrogens is 3. The molecule has 2 aromatic heterocycles. The van der Waals surface area contributed by atoms with Crippen LogP contribution < -0.4 is 16.6 Å². The van der Waals surface area contributed by atoms with E-state index in [1.54, 1.807) is 6.92 Å². The lowest BCUT2D eigenvalue weighted by molar-refractivity contribution is -0.152. The first-order valence-corrected chi connectivity index (χ1v) is 9.60. The van der Waals surface area contributed by atoms with E-state index in [9.17, 15) is 29.0 Å². The van der Waals surface area contributed by atoms with Crippen LogP contribution in [-0.4, -0.2) is 61.6 Å². The van der Waals surface area contributed by atoms with E-state index in [0.29, 0.717) is 16.6 Å². The number of ether oxygens (including phenoxy) is 1. The second kappa shape index (κ2) is 8.10. The molecule has 164 valence electrons. The van der Waals surface area contributed by atoms with Crippen LogP contribution in [0.4, 0.5) is 4.39 Å². The van der Waals surface area contributed by atoms with E-state index in [4.69, 9.17) is 4.74 Å². The SMILES string of the molecule is Cc1cc(=O)[nH]c(=O)n1C[C@H]1OC[C@@H](NC(=O)c2cc3cc(F)ccc3[nH]2)[C@H](O)[C@@H]1O. The topological polar surface area (TPSA) is 149 Å². The van der Waals surface area contributed by atoms with E-state index in [2.05, 4.69) is 15.3 Å². The molecule has 1 amide bonds. The molecular formula is C20H21FN4O6. The van der Waals surface area contributed by atoms with Crippen LogP contribution in [0.3, 0.4) is 0 Å². The number of nitrogens with zero attached hydrogens (tertiary/aromatic N) is 1. The molecule has 4 rings (SSSR count). The van der Waals surface area contributed by atoms with E-state index < -0.39 is 47.3 Å². The second-order valence-corrected chi connectivity index (χ2v) is 7.54. The predicted molar refractivity (Wildman–Crippen MR) is 107 cm³/mol. The normalized spacial score (nSPS) is 23.7. The minimum Gasteiger partial charge on any atom is -0.388 e. The van der Waals surface area contributed by atoms with Crippen LogP contribution >= 0.6 is 0 Å². The van der Waals surface area contributed by atoms with Gasteiger partial charge in [0.25, 0.3) is 11.5 Å². The quantitative estimate of drug-likeness (QED) is 0.371. The molecule has 0 unspecified atom stereocenters. The molecule has 1 fully saturated rings. The average Bonchev–Trinajstić information content (AvgIpc) is 3.13. The highest BCUT2D eigenvalue weighted by Crippen LogP contribution is 2.19. The van der Waals surface area contributed by atoms with E-state index in [1.165, 1.54) is 34.9 Å². The van der Waals surface area contributed by atoms with Crippen molar-refractivity contribution < 1.29 is 24.1 Å². The van der Waals surface area contributed by atoms with Crippen LogP contribution in [-0.2, 0) is 11.3 Å². The number of aliphatic hydroxyl groups excluding tert-OH is 2. The first-order valence-electron chi connectivity index (χ1n) is 9.60. The van der Waals surface area contributed by atoms with E-state index >= 15 is 0 Å². The van der Waals surface area contributed by atoms with Crippen molar-refractivity contribution in [2.75, 3.05) is 6.61 Å². The summed E-state index contributed by atoms with van der Waals surface area (Å²) in [7, 11) is 0. The zero-order valence-corrected chi connectivity index (χ0v) is 16.5. The summed E-state index contributed by atoms with van der Waals surface area (Å²) < 4.78 is 20.2. The molecule has 4 atom stereocenters. The minimum absolute atomic E-state index is 0.0894. The number of hydrogen-bond acceptors (Lipinski definition) is 6. The van der Waals surface area contributed by atoms with Gasteiger partial charge in [0.1, 0.15) is 29.8 Å².